The number of likely N-dealkylation sites (tertiary alicyclic amines) is 1. The molecule has 3 N–H and O–H groups in total. The Bertz CT molecular complexity index is 577. The van der Waals surface area contributed by atoms with Crippen LogP contribution in [-0.2, 0) is 4.79 Å². The number of amides is 1. The van der Waals surface area contributed by atoms with Gasteiger partial charge in [-0.3, -0.25) is 15.6 Å². The van der Waals surface area contributed by atoms with Crippen LogP contribution >= 0.6 is 0 Å². The van der Waals surface area contributed by atoms with Crippen molar-refractivity contribution < 1.29 is 14.3 Å². The number of carbonyl (C=O) groups excluding carboxylic acids is 1. The summed E-state index contributed by atoms with van der Waals surface area (Å²) in [4.78, 5) is 14.5. The first kappa shape index (κ1) is 18.3. The first-order valence-electron chi connectivity index (χ1n) is 9.18. The summed E-state index contributed by atoms with van der Waals surface area (Å²) in [6, 6.07) is 6.61. The third-order valence-corrected chi connectivity index (χ3v) is 5.78. The second-order valence-electron chi connectivity index (χ2n) is 7.45. The van der Waals surface area contributed by atoms with Gasteiger partial charge in [-0.15, -0.1) is 0 Å². The van der Waals surface area contributed by atoms with Gasteiger partial charge < -0.3 is 10.0 Å². The van der Waals surface area contributed by atoms with Gasteiger partial charge in [0.05, 0.1) is 6.10 Å². The van der Waals surface area contributed by atoms with Crippen molar-refractivity contribution in [3.8, 4) is 0 Å². The molecule has 0 aromatic heterocycles. The Labute approximate surface area is 148 Å². The summed E-state index contributed by atoms with van der Waals surface area (Å²) in [6.45, 7) is 5.55. The quantitative estimate of drug-likeness (QED) is 0.778. The highest BCUT2D eigenvalue weighted by molar-refractivity contribution is 5.76. The van der Waals surface area contributed by atoms with Crippen molar-refractivity contribution in [3.63, 3.8) is 0 Å². The van der Waals surface area contributed by atoms with Gasteiger partial charge in [-0.1, -0.05) is 12.1 Å². The van der Waals surface area contributed by atoms with Gasteiger partial charge in [-0.25, -0.2) is 4.39 Å². The number of nitrogens with zero attached hydrogens (tertiary/aromatic N) is 1. The van der Waals surface area contributed by atoms with Crippen molar-refractivity contribution in [2.24, 2.45) is 11.8 Å². The molecule has 138 valence electrons. The molecule has 3 rings (SSSR count). The van der Waals surface area contributed by atoms with Gasteiger partial charge in [0.15, 0.2) is 0 Å². The molecular weight excluding hydrogens is 321 g/mol. The average Bonchev–Trinajstić information content (AvgIpc) is 2.94. The van der Waals surface area contributed by atoms with Gasteiger partial charge in [0.25, 0.3) is 0 Å². The smallest absolute Gasteiger partial charge is 0.222 e. The van der Waals surface area contributed by atoms with Crippen molar-refractivity contribution in [1.82, 2.24) is 15.8 Å². The molecule has 1 amide bonds. The molecule has 25 heavy (non-hydrogen) atoms. The van der Waals surface area contributed by atoms with E-state index in [1.54, 1.807) is 12.1 Å². The fourth-order valence-electron chi connectivity index (χ4n) is 3.99. The number of rotatable bonds is 4. The summed E-state index contributed by atoms with van der Waals surface area (Å²) < 4.78 is 13.0. The lowest BCUT2D eigenvalue weighted by molar-refractivity contribution is -0.134. The van der Waals surface area contributed by atoms with E-state index in [0.29, 0.717) is 25.4 Å². The number of hydrogen-bond acceptors (Lipinski definition) is 4. The maximum absolute atomic E-state index is 13.0. The highest BCUT2D eigenvalue weighted by Crippen LogP contribution is 2.31. The second kappa shape index (κ2) is 7.81. The van der Waals surface area contributed by atoms with Crippen LogP contribution < -0.4 is 10.9 Å². The van der Waals surface area contributed by atoms with Gasteiger partial charge in [-0.05, 0) is 50.3 Å². The van der Waals surface area contributed by atoms with Crippen molar-refractivity contribution in [2.75, 3.05) is 13.1 Å². The number of nitrogens with one attached hydrogen (secondary N) is 2. The third kappa shape index (κ3) is 4.19. The van der Waals surface area contributed by atoms with Gasteiger partial charge in [-0.2, -0.15) is 0 Å². The van der Waals surface area contributed by atoms with Crippen LogP contribution in [0.4, 0.5) is 4.39 Å². The molecule has 0 spiro atoms. The summed E-state index contributed by atoms with van der Waals surface area (Å²) in [5.74, 6) is 0.317. The molecule has 2 aliphatic heterocycles. The molecule has 6 heteroatoms. The predicted molar refractivity (Wildman–Crippen MR) is 94.0 cm³/mol. The lowest BCUT2D eigenvalue weighted by atomic mass is 9.86. The molecular formula is C19H28FN3O2. The Morgan fingerprint density at radius 2 is 1.76 bits per heavy atom. The number of halogens is 1. The van der Waals surface area contributed by atoms with E-state index in [-0.39, 0.29) is 29.7 Å². The number of hydrogen-bond donors (Lipinski definition) is 3. The number of aliphatic hydroxyl groups excluding tert-OH is 1. The maximum Gasteiger partial charge on any atom is 0.222 e. The summed E-state index contributed by atoms with van der Waals surface area (Å²) in [6.07, 6.45) is 1.50. The molecule has 5 nitrogen and oxygen atoms in total. The number of benzene rings is 1. The van der Waals surface area contributed by atoms with Crippen LogP contribution in [0.2, 0.25) is 0 Å². The number of hydrazine groups is 1. The Kier molecular flexibility index (Phi) is 5.71. The summed E-state index contributed by atoms with van der Waals surface area (Å²) >= 11 is 0. The fourth-order valence-corrected chi connectivity index (χ4v) is 3.99. The molecule has 2 aliphatic rings. The zero-order valence-electron chi connectivity index (χ0n) is 14.9. The average molecular weight is 349 g/mol. The van der Waals surface area contributed by atoms with E-state index in [9.17, 15) is 14.3 Å². The van der Waals surface area contributed by atoms with E-state index < -0.39 is 6.10 Å². The van der Waals surface area contributed by atoms with E-state index in [1.807, 2.05) is 4.90 Å². The van der Waals surface area contributed by atoms with Crippen LogP contribution in [0.1, 0.15) is 44.8 Å². The molecule has 0 aliphatic carbocycles. The number of carbonyl (C=O) groups is 1. The minimum absolute atomic E-state index is 0.113. The topological polar surface area (TPSA) is 64.6 Å². The molecule has 0 radical (unpaired) electrons. The maximum atomic E-state index is 13.0. The van der Waals surface area contributed by atoms with Crippen molar-refractivity contribution >= 4 is 5.91 Å². The molecule has 2 heterocycles. The van der Waals surface area contributed by atoms with Crippen LogP contribution in [0.15, 0.2) is 24.3 Å². The minimum atomic E-state index is -0.596. The normalized spacial score (nSPS) is 29.0. The Morgan fingerprint density at radius 1 is 1.20 bits per heavy atom. The van der Waals surface area contributed by atoms with E-state index in [4.69, 9.17) is 0 Å². The van der Waals surface area contributed by atoms with Gasteiger partial charge in [0.2, 0.25) is 5.91 Å². The Hall–Kier alpha value is -1.50. The third-order valence-electron chi connectivity index (χ3n) is 5.78. The fraction of sp³-hybridized carbons (Fsp3) is 0.632. The number of piperidine rings is 1. The monoisotopic (exact) mass is 349 g/mol. The van der Waals surface area contributed by atoms with Crippen LogP contribution in [0.25, 0.3) is 0 Å². The SMILES string of the molecule is CC1NNC(C)C1CC(=O)N1CCC(C(O)c2ccc(F)cc2)CC1. The second-order valence-corrected chi connectivity index (χ2v) is 7.45. The molecule has 2 saturated heterocycles. The van der Waals surface area contributed by atoms with Gasteiger partial charge in [0, 0.05) is 37.5 Å². The van der Waals surface area contributed by atoms with E-state index >= 15 is 0 Å². The van der Waals surface area contributed by atoms with Crippen LogP contribution in [0, 0.1) is 17.7 Å². The molecule has 3 unspecified atom stereocenters. The van der Waals surface area contributed by atoms with Crippen LogP contribution in [0.3, 0.4) is 0 Å². The lowest BCUT2D eigenvalue weighted by Gasteiger charge is -2.35. The first-order chi connectivity index (χ1) is 12.0. The summed E-state index contributed by atoms with van der Waals surface area (Å²) in [5, 5.41) is 10.5. The highest BCUT2D eigenvalue weighted by Gasteiger charge is 2.34. The first-order valence-corrected chi connectivity index (χ1v) is 9.18. The summed E-state index contributed by atoms with van der Waals surface area (Å²) in [5.41, 5.74) is 7.13. The highest BCUT2D eigenvalue weighted by atomic mass is 19.1. The lowest BCUT2D eigenvalue weighted by Crippen LogP contribution is -2.41. The predicted octanol–water partition coefficient (Wildman–Crippen LogP) is 1.99. The van der Waals surface area contributed by atoms with Crippen LogP contribution in [-0.4, -0.2) is 41.1 Å². The zero-order valence-corrected chi connectivity index (χ0v) is 14.9. The minimum Gasteiger partial charge on any atom is -0.388 e. The number of aliphatic hydroxyl groups is 1. The van der Waals surface area contributed by atoms with Crippen LogP contribution in [0.5, 0.6) is 0 Å². The van der Waals surface area contributed by atoms with Gasteiger partial charge in [0.1, 0.15) is 5.82 Å². The molecule has 3 atom stereocenters. The van der Waals surface area contributed by atoms with Crippen molar-refractivity contribution in [1.29, 1.82) is 0 Å². The Morgan fingerprint density at radius 3 is 2.32 bits per heavy atom. The molecule has 1 aromatic rings. The standard InChI is InChI=1S/C19H28FN3O2/c1-12-17(13(2)22-21-12)11-18(24)23-9-7-15(8-10-23)19(25)14-3-5-16(20)6-4-14/h3-6,12-13,15,17,19,21-22,25H,7-11H2,1-2H3. The largest absolute Gasteiger partial charge is 0.388 e. The van der Waals surface area contributed by atoms with Gasteiger partial charge >= 0.3 is 0 Å². The van der Waals surface area contributed by atoms with E-state index in [1.165, 1.54) is 12.1 Å². The molecule has 2 fully saturated rings. The summed E-state index contributed by atoms with van der Waals surface area (Å²) in [7, 11) is 0. The molecule has 0 saturated carbocycles. The Balaban J connectivity index is 1.51. The molecule has 0 bridgehead atoms. The zero-order chi connectivity index (χ0) is 18.0. The van der Waals surface area contributed by atoms with E-state index in [0.717, 1.165) is 18.4 Å². The molecule has 1 aromatic carbocycles. The van der Waals surface area contributed by atoms with Crippen molar-refractivity contribution in [3.05, 3.63) is 35.6 Å². The van der Waals surface area contributed by atoms with E-state index in [2.05, 4.69) is 24.7 Å². The van der Waals surface area contributed by atoms with Crippen molar-refractivity contribution in [2.45, 2.75) is 51.3 Å².